The zero-order chi connectivity index (χ0) is 20.0. The van der Waals surface area contributed by atoms with E-state index in [2.05, 4.69) is 54.4 Å². The number of hydrogen-bond donors (Lipinski definition) is 1. The van der Waals surface area contributed by atoms with E-state index >= 15 is 0 Å². The topological polar surface area (TPSA) is 32.3 Å². The highest BCUT2D eigenvalue weighted by Gasteiger charge is 2.47. The Morgan fingerprint density at radius 2 is 1.90 bits per heavy atom. The molecule has 3 unspecified atom stereocenters. The van der Waals surface area contributed by atoms with Crippen LogP contribution in [0.5, 0.6) is 0 Å². The maximum atomic E-state index is 14.2. The maximum absolute atomic E-state index is 14.2. The number of carbonyl (C=O) groups excluding carboxylic acids is 1. The molecule has 1 aliphatic heterocycles. The number of fused-ring (bicyclic) bond motifs is 4. The molecule has 29 heavy (non-hydrogen) atoms. The SMILES string of the molecule is CCC(CC)N(C(=O)C1=CC2(CCNCC2)c2ccccc21)C1CC2CCC1C2. The van der Waals surface area contributed by atoms with Crippen LogP contribution < -0.4 is 5.32 Å². The Morgan fingerprint density at radius 3 is 2.55 bits per heavy atom. The summed E-state index contributed by atoms with van der Waals surface area (Å²) in [5.41, 5.74) is 3.65. The molecule has 0 radical (unpaired) electrons. The first-order chi connectivity index (χ1) is 14.2. The Morgan fingerprint density at radius 1 is 1.14 bits per heavy atom. The second-order valence-electron chi connectivity index (χ2n) is 9.93. The van der Waals surface area contributed by atoms with Gasteiger partial charge in [-0.2, -0.15) is 0 Å². The molecule has 156 valence electrons. The summed E-state index contributed by atoms with van der Waals surface area (Å²) in [6.45, 7) is 6.59. The molecular weight excluding hydrogens is 356 g/mol. The van der Waals surface area contributed by atoms with Gasteiger partial charge in [0, 0.05) is 23.1 Å². The van der Waals surface area contributed by atoms with Crippen molar-refractivity contribution in [2.24, 2.45) is 11.8 Å². The van der Waals surface area contributed by atoms with Crippen LogP contribution in [0.15, 0.2) is 30.3 Å². The summed E-state index contributed by atoms with van der Waals surface area (Å²) in [5.74, 6) is 1.91. The fourth-order valence-electron chi connectivity index (χ4n) is 7.01. The normalized spacial score (nSPS) is 29.3. The summed E-state index contributed by atoms with van der Waals surface area (Å²) in [6, 6.07) is 9.56. The van der Waals surface area contributed by atoms with Gasteiger partial charge in [0.05, 0.1) is 0 Å². The average Bonchev–Trinajstić information content (AvgIpc) is 3.46. The zero-order valence-corrected chi connectivity index (χ0v) is 18.1. The van der Waals surface area contributed by atoms with Crippen LogP contribution in [-0.2, 0) is 10.2 Å². The highest BCUT2D eigenvalue weighted by molar-refractivity contribution is 6.21. The molecule has 3 nitrogen and oxygen atoms in total. The Labute approximate surface area is 175 Å². The molecule has 3 atom stereocenters. The van der Waals surface area contributed by atoms with Crippen LogP contribution in [0.4, 0.5) is 0 Å². The van der Waals surface area contributed by atoms with E-state index in [9.17, 15) is 4.79 Å². The third kappa shape index (κ3) is 3.08. The van der Waals surface area contributed by atoms with E-state index in [1.165, 1.54) is 36.8 Å². The lowest BCUT2D eigenvalue weighted by atomic mass is 9.75. The van der Waals surface area contributed by atoms with Crippen molar-refractivity contribution in [3.63, 3.8) is 0 Å². The first-order valence-electron chi connectivity index (χ1n) is 12.0. The first kappa shape index (κ1) is 19.4. The highest BCUT2D eigenvalue weighted by atomic mass is 16.2. The molecule has 3 aliphatic carbocycles. The van der Waals surface area contributed by atoms with E-state index < -0.39 is 0 Å². The first-order valence-corrected chi connectivity index (χ1v) is 12.0. The lowest BCUT2D eigenvalue weighted by Gasteiger charge is -2.40. The van der Waals surface area contributed by atoms with Gasteiger partial charge in [-0.15, -0.1) is 0 Å². The molecule has 4 aliphatic rings. The number of piperidine rings is 1. The van der Waals surface area contributed by atoms with Crippen LogP contribution in [-0.4, -0.2) is 36.0 Å². The molecule has 1 aromatic carbocycles. The number of allylic oxidation sites excluding steroid dienone is 1. The van der Waals surface area contributed by atoms with Gasteiger partial charge in [-0.3, -0.25) is 4.79 Å². The summed E-state index contributed by atoms with van der Waals surface area (Å²) in [7, 11) is 0. The van der Waals surface area contributed by atoms with Crippen molar-refractivity contribution in [2.45, 2.75) is 82.7 Å². The van der Waals surface area contributed by atoms with Gasteiger partial charge in [-0.05, 0) is 81.0 Å². The standard InChI is InChI=1S/C26H36N2O/c1-3-20(4-2)28(24-16-18-9-10-19(24)15-18)25(29)22-17-26(11-13-27-14-12-26)23-8-6-5-7-21(22)23/h5-8,17-20,24,27H,3-4,9-16H2,1-2H3. The highest BCUT2D eigenvalue weighted by Crippen LogP contribution is 2.50. The molecule has 1 N–H and O–H groups in total. The summed E-state index contributed by atoms with van der Waals surface area (Å²) in [6.07, 6.45) is 12.0. The van der Waals surface area contributed by atoms with Gasteiger partial charge in [0.2, 0.25) is 0 Å². The lowest BCUT2D eigenvalue weighted by Crippen LogP contribution is -2.49. The van der Waals surface area contributed by atoms with Gasteiger partial charge < -0.3 is 10.2 Å². The monoisotopic (exact) mass is 392 g/mol. The quantitative estimate of drug-likeness (QED) is 0.772. The number of nitrogens with one attached hydrogen (secondary N) is 1. The summed E-state index contributed by atoms with van der Waals surface area (Å²) >= 11 is 0. The van der Waals surface area contributed by atoms with E-state index in [1.54, 1.807) is 0 Å². The van der Waals surface area contributed by atoms with Crippen molar-refractivity contribution in [3.8, 4) is 0 Å². The zero-order valence-electron chi connectivity index (χ0n) is 18.1. The van der Waals surface area contributed by atoms with Crippen molar-refractivity contribution in [1.29, 1.82) is 0 Å². The second kappa shape index (κ2) is 7.58. The molecule has 2 bridgehead atoms. The van der Waals surface area contributed by atoms with E-state index in [0.29, 0.717) is 18.0 Å². The Balaban J connectivity index is 1.54. The predicted molar refractivity (Wildman–Crippen MR) is 119 cm³/mol. The number of benzene rings is 1. The molecule has 3 heteroatoms. The Kier molecular flexibility index (Phi) is 5.06. The van der Waals surface area contributed by atoms with Crippen molar-refractivity contribution >= 4 is 11.5 Å². The smallest absolute Gasteiger partial charge is 0.254 e. The van der Waals surface area contributed by atoms with Gasteiger partial charge in [-0.25, -0.2) is 0 Å². The fourth-order valence-corrected chi connectivity index (χ4v) is 7.01. The minimum atomic E-state index is 0.0567. The molecule has 1 saturated heterocycles. The predicted octanol–water partition coefficient (Wildman–Crippen LogP) is 4.91. The van der Waals surface area contributed by atoms with Gasteiger partial charge in [0.25, 0.3) is 5.91 Å². The van der Waals surface area contributed by atoms with Crippen LogP contribution in [0.3, 0.4) is 0 Å². The fraction of sp³-hybridized carbons (Fsp3) is 0.654. The third-order valence-electron chi connectivity index (χ3n) is 8.53. The van der Waals surface area contributed by atoms with Crippen LogP contribution in [0.2, 0.25) is 0 Å². The Bertz CT molecular complexity index is 803. The molecule has 2 saturated carbocycles. The number of hydrogen-bond acceptors (Lipinski definition) is 2. The van der Waals surface area contributed by atoms with E-state index in [0.717, 1.165) is 56.2 Å². The Hall–Kier alpha value is -1.61. The molecule has 5 rings (SSSR count). The van der Waals surface area contributed by atoms with E-state index in [4.69, 9.17) is 0 Å². The maximum Gasteiger partial charge on any atom is 0.254 e. The summed E-state index contributed by atoms with van der Waals surface area (Å²) in [4.78, 5) is 16.6. The molecule has 1 aromatic rings. The van der Waals surface area contributed by atoms with Gasteiger partial charge in [-0.1, -0.05) is 50.6 Å². The van der Waals surface area contributed by atoms with Crippen LogP contribution >= 0.6 is 0 Å². The number of carbonyl (C=O) groups is 1. The van der Waals surface area contributed by atoms with Crippen LogP contribution in [0.25, 0.3) is 5.57 Å². The molecule has 3 fully saturated rings. The number of amides is 1. The number of nitrogens with zero attached hydrogens (tertiary/aromatic N) is 1. The molecular formula is C26H36N2O. The van der Waals surface area contributed by atoms with Crippen molar-refractivity contribution in [3.05, 3.63) is 41.5 Å². The molecule has 1 heterocycles. The van der Waals surface area contributed by atoms with Crippen LogP contribution in [0, 0.1) is 11.8 Å². The van der Waals surface area contributed by atoms with E-state index in [-0.39, 0.29) is 5.41 Å². The minimum Gasteiger partial charge on any atom is -0.332 e. The molecule has 1 spiro atoms. The lowest BCUT2D eigenvalue weighted by molar-refractivity contribution is -0.131. The van der Waals surface area contributed by atoms with Crippen LogP contribution in [0.1, 0.15) is 76.3 Å². The van der Waals surface area contributed by atoms with Crippen molar-refractivity contribution < 1.29 is 4.79 Å². The van der Waals surface area contributed by atoms with Crippen molar-refractivity contribution in [2.75, 3.05) is 13.1 Å². The number of rotatable bonds is 5. The molecule has 0 aromatic heterocycles. The summed E-state index contributed by atoms with van der Waals surface area (Å²) < 4.78 is 0. The molecule has 1 amide bonds. The van der Waals surface area contributed by atoms with Crippen molar-refractivity contribution in [1.82, 2.24) is 10.2 Å². The minimum absolute atomic E-state index is 0.0567. The third-order valence-corrected chi connectivity index (χ3v) is 8.53. The van der Waals surface area contributed by atoms with Gasteiger partial charge >= 0.3 is 0 Å². The average molecular weight is 393 g/mol. The van der Waals surface area contributed by atoms with E-state index in [1.807, 2.05) is 0 Å². The summed E-state index contributed by atoms with van der Waals surface area (Å²) in [5, 5.41) is 3.51. The van der Waals surface area contributed by atoms with Gasteiger partial charge in [0.1, 0.15) is 0 Å². The second-order valence-corrected chi connectivity index (χ2v) is 9.93. The van der Waals surface area contributed by atoms with Gasteiger partial charge in [0.15, 0.2) is 0 Å². The largest absolute Gasteiger partial charge is 0.332 e.